The van der Waals surface area contributed by atoms with Gasteiger partial charge in [0.05, 0.1) is 12.5 Å². The van der Waals surface area contributed by atoms with Gasteiger partial charge < -0.3 is 14.5 Å². The molecule has 7 nitrogen and oxygen atoms in total. The normalized spacial score (nSPS) is 16.7. The Bertz CT molecular complexity index is 1030. The van der Waals surface area contributed by atoms with Gasteiger partial charge in [0.25, 0.3) is 5.91 Å². The zero-order chi connectivity index (χ0) is 24.8. The molecule has 0 spiro atoms. The van der Waals surface area contributed by atoms with Gasteiger partial charge in [-0.1, -0.05) is 37.7 Å². The molecule has 3 heterocycles. The number of aromatic nitrogens is 2. The van der Waals surface area contributed by atoms with Gasteiger partial charge in [-0.15, -0.1) is 0 Å². The number of esters is 1. The molecule has 1 aromatic carbocycles. The Kier molecular flexibility index (Phi) is 8.65. The van der Waals surface area contributed by atoms with Crippen LogP contribution in [0.3, 0.4) is 0 Å². The minimum atomic E-state index is -0.143. The number of hydrogen-bond donors (Lipinski definition) is 0. The van der Waals surface area contributed by atoms with Crippen LogP contribution in [0.25, 0.3) is 0 Å². The molecule has 188 valence electrons. The number of likely N-dealkylation sites (tertiary alicyclic amines) is 1. The first-order valence-electron chi connectivity index (χ1n) is 12.8. The molecule has 0 radical (unpaired) electrons. The summed E-state index contributed by atoms with van der Waals surface area (Å²) in [5.74, 6) is 1.84. The zero-order valence-electron chi connectivity index (χ0n) is 21.0. The van der Waals surface area contributed by atoms with E-state index in [0.29, 0.717) is 49.8 Å². The molecule has 1 amide bonds. The van der Waals surface area contributed by atoms with Crippen LogP contribution in [-0.4, -0.2) is 59.5 Å². The van der Waals surface area contributed by atoms with Crippen LogP contribution in [0.4, 0.5) is 5.82 Å². The van der Waals surface area contributed by atoms with Crippen molar-refractivity contribution in [3.8, 4) is 0 Å². The number of amides is 1. The van der Waals surface area contributed by atoms with Crippen LogP contribution in [-0.2, 0) is 15.3 Å². The zero-order valence-corrected chi connectivity index (χ0v) is 21.9. The fraction of sp³-hybridized carbons (Fsp3) is 0.556. The molecule has 2 aliphatic heterocycles. The summed E-state index contributed by atoms with van der Waals surface area (Å²) < 4.78 is 5.14. The van der Waals surface area contributed by atoms with Crippen LogP contribution in [0.5, 0.6) is 0 Å². The topological polar surface area (TPSA) is 75.6 Å². The largest absolute Gasteiger partial charge is 0.466 e. The van der Waals surface area contributed by atoms with E-state index in [2.05, 4.69) is 24.8 Å². The first-order valence-corrected chi connectivity index (χ1v) is 13.7. The Labute approximate surface area is 212 Å². The highest BCUT2D eigenvalue weighted by molar-refractivity contribution is 7.98. The smallest absolute Gasteiger partial charge is 0.309 e. The fourth-order valence-electron chi connectivity index (χ4n) is 4.60. The van der Waals surface area contributed by atoms with Gasteiger partial charge in [0.1, 0.15) is 5.82 Å². The number of hydrogen-bond acceptors (Lipinski definition) is 7. The number of anilines is 1. The maximum absolute atomic E-state index is 13.1. The van der Waals surface area contributed by atoms with Crippen molar-refractivity contribution < 1.29 is 14.3 Å². The maximum Gasteiger partial charge on any atom is 0.309 e. The fourth-order valence-corrected chi connectivity index (χ4v) is 5.41. The maximum atomic E-state index is 13.1. The molecule has 4 rings (SSSR count). The summed E-state index contributed by atoms with van der Waals surface area (Å²) in [6.07, 6.45) is 3.74. The van der Waals surface area contributed by atoms with Gasteiger partial charge in [-0.05, 0) is 56.2 Å². The molecule has 2 aliphatic rings. The third kappa shape index (κ3) is 6.54. The minimum Gasteiger partial charge on any atom is -0.466 e. The van der Waals surface area contributed by atoms with Crippen LogP contribution >= 0.6 is 11.8 Å². The lowest BCUT2D eigenvalue weighted by molar-refractivity contribution is -0.149. The van der Waals surface area contributed by atoms with Crippen molar-refractivity contribution in [2.75, 3.05) is 37.7 Å². The van der Waals surface area contributed by atoms with E-state index in [0.717, 1.165) is 35.3 Å². The van der Waals surface area contributed by atoms with Crippen molar-refractivity contribution in [3.05, 3.63) is 47.2 Å². The number of nitrogens with zero attached hydrogens (tertiary/aromatic N) is 4. The summed E-state index contributed by atoms with van der Waals surface area (Å²) >= 11 is 1.62. The summed E-state index contributed by atoms with van der Waals surface area (Å²) in [5, 5.41) is 0.788. The molecule has 1 aromatic heterocycles. The molecule has 8 heteroatoms. The average molecular weight is 497 g/mol. The first-order chi connectivity index (χ1) is 16.9. The van der Waals surface area contributed by atoms with Gasteiger partial charge in [0.2, 0.25) is 0 Å². The Balaban J connectivity index is 1.39. The van der Waals surface area contributed by atoms with Gasteiger partial charge in [0, 0.05) is 49.3 Å². The molecule has 0 atom stereocenters. The van der Waals surface area contributed by atoms with E-state index >= 15 is 0 Å². The monoisotopic (exact) mass is 496 g/mol. The predicted molar refractivity (Wildman–Crippen MR) is 139 cm³/mol. The molecular formula is C27H36N4O3S. The lowest BCUT2D eigenvalue weighted by atomic mass is 9.96. The van der Waals surface area contributed by atoms with E-state index in [1.165, 1.54) is 12.8 Å². The predicted octanol–water partition coefficient (Wildman–Crippen LogP) is 4.91. The minimum absolute atomic E-state index is 0.0218. The molecule has 0 saturated carbocycles. The summed E-state index contributed by atoms with van der Waals surface area (Å²) in [6, 6.07) is 9.96. The van der Waals surface area contributed by atoms with Crippen molar-refractivity contribution >= 4 is 29.5 Å². The van der Waals surface area contributed by atoms with Gasteiger partial charge >= 0.3 is 5.97 Å². The molecule has 2 fully saturated rings. The summed E-state index contributed by atoms with van der Waals surface area (Å²) in [4.78, 5) is 38.9. The van der Waals surface area contributed by atoms with Gasteiger partial charge in [-0.25, -0.2) is 9.97 Å². The first kappa shape index (κ1) is 25.5. The third-order valence-electron chi connectivity index (χ3n) is 6.68. The van der Waals surface area contributed by atoms with Crippen molar-refractivity contribution in [1.29, 1.82) is 0 Å². The number of piperidine rings is 1. The summed E-state index contributed by atoms with van der Waals surface area (Å²) in [6.45, 7) is 9.81. The number of carbonyl (C=O) groups is 2. The average Bonchev–Trinajstić information content (AvgIpc) is 3.42. The lowest BCUT2D eigenvalue weighted by Gasteiger charge is -2.31. The van der Waals surface area contributed by atoms with E-state index in [1.807, 2.05) is 36.1 Å². The Morgan fingerprint density at radius 3 is 2.51 bits per heavy atom. The van der Waals surface area contributed by atoms with Crippen LogP contribution < -0.4 is 4.90 Å². The van der Waals surface area contributed by atoms with Crippen LogP contribution in [0.15, 0.2) is 35.5 Å². The molecule has 2 saturated heterocycles. The second-order valence-electron chi connectivity index (χ2n) is 9.59. The second-order valence-corrected chi connectivity index (χ2v) is 10.5. The molecule has 0 N–H and O–H groups in total. The SMILES string of the molecule is CCOC(=O)C1CCN(C(=O)c2cccc(CSc3nc(C(C)C)cc(N4CCCC4)n3)c2)CC1. The highest BCUT2D eigenvalue weighted by atomic mass is 32.2. The van der Waals surface area contributed by atoms with Crippen molar-refractivity contribution in [1.82, 2.24) is 14.9 Å². The summed E-state index contributed by atoms with van der Waals surface area (Å²) in [5.41, 5.74) is 2.83. The van der Waals surface area contributed by atoms with Crippen LogP contribution in [0.1, 0.15) is 74.0 Å². The Hall–Kier alpha value is -2.61. The Morgan fingerprint density at radius 2 is 1.83 bits per heavy atom. The quantitative estimate of drug-likeness (QED) is 0.292. The molecule has 2 aromatic rings. The van der Waals surface area contributed by atoms with Crippen LogP contribution in [0, 0.1) is 5.92 Å². The number of ether oxygens (including phenoxy) is 1. The van der Waals surface area contributed by atoms with Crippen molar-refractivity contribution in [2.24, 2.45) is 5.92 Å². The summed E-state index contributed by atoms with van der Waals surface area (Å²) in [7, 11) is 0. The second kappa shape index (κ2) is 11.9. The number of carbonyl (C=O) groups excluding carboxylic acids is 2. The highest BCUT2D eigenvalue weighted by Crippen LogP contribution is 2.28. The molecule has 35 heavy (non-hydrogen) atoms. The number of thioether (sulfide) groups is 1. The van der Waals surface area contributed by atoms with Gasteiger partial charge in [-0.3, -0.25) is 9.59 Å². The molecule has 0 bridgehead atoms. The number of rotatable bonds is 8. The van der Waals surface area contributed by atoms with Crippen molar-refractivity contribution in [2.45, 2.75) is 63.3 Å². The standard InChI is InChI=1S/C27H36N4O3S/c1-4-34-26(33)21-10-14-31(15-11-21)25(32)22-9-7-8-20(16-22)18-35-27-28-23(19(2)3)17-24(29-27)30-12-5-6-13-30/h7-9,16-17,19,21H,4-6,10-15,18H2,1-3H3. The van der Waals surface area contributed by atoms with E-state index in [1.54, 1.807) is 11.8 Å². The number of benzene rings is 1. The third-order valence-corrected chi connectivity index (χ3v) is 7.60. The van der Waals surface area contributed by atoms with E-state index in [9.17, 15) is 9.59 Å². The van der Waals surface area contributed by atoms with Crippen LogP contribution in [0.2, 0.25) is 0 Å². The van der Waals surface area contributed by atoms with Crippen molar-refractivity contribution in [3.63, 3.8) is 0 Å². The van der Waals surface area contributed by atoms with Gasteiger partial charge in [-0.2, -0.15) is 0 Å². The van der Waals surface area contributed by atoms with E-state index in [4.69, 9.17) is 14.7 Å². The van der Waals surface area contributed by atoms with E-state index < -0.39 is 0 Å². The Morgan fingerprint density at radius 1 is 1.09 bits per heavy atom. The lowest BCUT2D eigenvalue weighted by Crippen LogP contribution is -2.40. The van der Waals surface area contributed by atoms with E-state index in [-0.39, 0.29) is 17.8 Å². The molecular weight excluding hydrogens is 460 g/mol. The molecule has 0 unspecified atom stereocenters. The highest BCUT2D eigenvalue weighted by Gasteiger charge is 2.28. The van der Waals surface area contributed by atoms with Gasteiger partial charge in [0.15, 0.2) is 5.16 Å². The molecule has 0 aliphatic carbocycles.